The molecular formula is C29H34F2N2O3. The Morgan fingerprint density at radius 1 is 1.28 bits per heavy atom. The van der Waals surface area contributed by atoms with Crippen molar-refractivity contribution < 1.29 is 23.1 Å². The van der Waals surface area contributed by atoms with Crippen molar-refractivity contribution in [2.24, 2.45) is 0 Å². The van der Waals surface area contributed by atoms with Gasteiger partial charge in [0, 0.05) is 29.7 Å². The van der Waals surface area contributed by atoms with E-state index in [0.717, 1.165) is 90.2 Å². The molecule has 0 saturated carbocycles. The molecule has 1 aliphatic heterocycles. The van der Waals surface area contributed by atoms with E-state index in [4.69, 9.17) is 9.26 Å². The van der Waals surface area contributed by atoms with Crippen LogP contribution < -0.4 is 4.74 Å². The topological polar surface area (TPSA) is 47.7 Å². The molecule has 0 spiro atoms. The van der Waals surface area contributed by atoms with Crippen LogP contribution in [0.1, 0.15) is 55.9 Å². The average Bonchev–Trinajstić information content (AvgIpc) is 3.48. The SMILES string of the molecule is C=C1CCCC(c2cnoc2C)=C(c2ccc(O[C@H]3CCN(CCCF)C3)cc2)/C1=C/C=C(\C)OF. The number of benzene rings is 1. The van der Waals surface area contributed by atoms with Crippen LogP contribution in [-0.4, -0.2) is 42.5 Å². The van der Waals surface area contributed by atoms with Gasteiger partial charge in [0.05, 0.1) is 12.9 Å². The summed E-state index contributed by atoms with van der Waals surface area (Å²) in [6.45, 7) is 10.0. The molecule has 192 valence electrons. The first-order valence-electron chi connectivity index (χ1n) is 12.6. The standard InChI is InChI=1S/C29H34F2N2O3/c1-20-6-4-7-27(28-18-32-36-22(28)3)29(26(20)13-8-21(2)35-31)23-9-11-24(12-10-23)34-25-14-17-33(19-25)16-5-15-30/h8-13,18,25H,1,4-7,14-17,19H2,2-3H3/b21-8+,26-13+/t25-/m0/s1. The van der Waals surface area contributed by atoms with E-state index < -0.39 is 0 Å². The molecule has 0 unspecified atom stereocenters. The molecule has 1 atom stereocenters. The first-order chi connectivity index (χ1) is 17.5. The predicted octanol–water partition coefficient (Wildman–Crippen LogP) is 7.18. The van der Waals surface area contributed by atoms with Crippen molar-refractivity contribution in [2.75, 3.05) is 26.3 Å². The predicted molar refractivity (Wildman–Crippen MR) is 138 cm³/mol. The van der Waals surface area contributed by atoms with E-state index in [9.17, 15) is 8.92 Å². The first kappa shape index (κ1) is 25.9. The molecule has 1 saturated heterocycles. The van der Waals surface area contributed by atoms with E-state index in [-0.39, 0.29) is 18.5 Å². The molecule has 0 amide bonds. The molecule has 1 aromatic carbocycles. The molecule has 1 fully saturated rings. The lowest BCUT2D eigenvalue weighted by Gasteiger charge is -2.19. The fourth-order valence-corrected chi connectivity index (χ4v) is 4.97. The number of rotatable bonds is 9. The summed E-state index contributed by atoms with van der Waals surface area (Å²) >= 11 is 0. The molecule has 36 heavy (non-hydrogen) atoms. The smallest absolute Gasteiger partial charge is 0.145 e. The largest absolute Gasteiger partial charge is 0.489 e. The molecule has 0 N–H and O–H groups in total. The Bertz CT molecular complexity index is 1150. The summed E-state index contributed by atoms with van der Waals surface area (Å²) in [5.41, 5.74) is 6.04. The highest BCUT2D eigenvalue weighted by Crippen LogP contribution is 2.43. The summed E-state index contributed by atoms with van der Waals surface area (Å²) in [6, 6.07) is 8.08. The Morgan fingerprint density at radius 2 is 2.08 bits per heavy atom. The second kappa shape index (κ2) is 12.2. The second-order valence-corrected chi connectivity index (χ2v) is 9.44. The van der Waals surface area contributed by atoms with Crippen molar-refractivity contribution in [2.45, 2.75) is 52.1 Å². The van der Waals surface area contributed by atoms with Crippen molar-refractivity contribution in [1.82, 2.24) is 10.1 Å². The van der Waals surface area contributed by atoms with Crippen LogP contribution in [0.4, 0.5) is 8.92 Å². The van der Waals surface area contributed by atoms with Crippen LogP contribution in [0.3, 0.4) is 0 Å². The highest BCUT2D eigenvalue weighted by Gasteiger charge is 2.25. The number of aryl methyl sites for hydroxylation is 1. The van der Waals surface area contributed by atoms with Crippen molar-refractivity contribution in [1.29, 1.82) is 0 Å². The summed E-state index contributed by atoms with van der Waals surface area (Å²) in [6.07, 6.45) is 9.46. The van der Waals surface area contributed by atoms with Gasteiger partial charge in [-0.3, -0.25) is 14.2 Å². The molecule has 2 heterocycles. The lowest BCUT2D eigenvalue weighted by atomic mass is 9.87. The first-order valence-corrected chi connectivity index (χ1v) is 12.6. The van der Waals surface area contributed by atoms with Gasteiger partial charge in [0.1, 0.15) is 23.4 Å². The number of nitrogens with zero attached hydrogens (tertiary/aromatic N) is 2. The lowest BCUT2D eigenvalue weighted by Crippen LogP contribution is -2.26. The molecule has 1 aromatic heterocycles. The van der Waals surface area contributed by atoms with Gasteiger partial charge in [-0.15, -0.1) is 0 Å². The fraction of sp³-hybridized carbons (Fsp3) is 0.414. The molecule has 4 rings (SSSR count). The van der Waals surface area contributed by atoms with E-state index in [0.29, 0.717) is 6.42 Å². The van der Waals surface area contributed by atoms with Crippen molar-refractivity contribution >= 4 is 11.1 Å². The Labute approximate surface area is 211 Å². The molecule has 0 radical (unpaired) electrons. The maximum absolute atomic E-state index is 12.7. The maximum atomic E-state index is 12.7. The van der Waals surface area contributed by atoms with E-state index in [1.54, 1.807) is 19.2 Å². The zero-order valence-corrected chi connectivity index (χ0v) is 21.1. The van der Waals surface area contributed by atoms with E-state index in [2.05, 4.69) is 33.7 Å². The Hall–Kier alpha value is -3.19. The molecule has 2 aromatic rings. The Kier molecular flexibility index (Phi) is 8.75. The third-order valence-electron chi connectivity index (χ3n) is 6.82. The summed E-state index contributed by atoms with van der Waals surface area (Å²) in [5.74, 6) is 1.73. The fourth-order valence-electron chi connectivity index (χ4n) is 4.97. The summed E-state index contributed by atoms with van der Waals surface area (Å²) < 4.78 is 36.8. The van der Waals surface area contributed by atoms with Crippen LogP contribution >= 0.6 is 0 Å². The second-order valence-electron chi connectivity index (χ2n) is 9.44. The zero-order valence-electron chi connectivity index (χ0n) is 21.1. The minimum atomic E-state index is -0.283. The number of likely N-dealkylation sites (tertiary alicyclic amines) is 1. The number of aromatic nitrogens is 1. The highest BCUT2D eigenvalue weighted by atomic mass is 19.3. The van der Waals surface area contributed by atoms with Crippen LogP contribution in [-0.2, 0) is 4.94 Å². The minimum Gasteiger partial charge on any atom is -0.489 e. The lowest BCUT2D eigenvalue weighted by molar-refractivity contribution is -0.0819. The highest BCUT2D eigenvalue weighted by molar-refractivity contribution is 6.01. The van der Waals surface area contributed by atoms with Crippen molar-refractivity contribution in [3.05, 3.63) is 83.0 Å². The van der Waals surface area contributed by atoms with Gasteiger partial charge in [-0.05, 0) is 92.0 Å². The van der Waals surface area contributed by atoms with Crippen molar-refractivity contribution in [3.63, 3.8) is 0 Å². The van der Waals surface area contributed by atoms with Crippen LogP contribution in [0.2, 0.25) is 0 Å². The number of hydrogen-bond donors (Lipinski definition) is 0. The van der Waals surface area contributed by atoms with Crippen LogP contribution in [0, 0.1) is 6.92 Å². The third-order valence-corrected chi connectivity index (χ3v) is 6.82. The van der Waals surface area contributed by atoms with Gasteiger partial charge in [0.15, 0.2) is 0 Å². The molecular weight excluding hydrogens is 462 g/mol. The van der Waals surface area contributed by atoms with Gasteiger partial charge >= 0.3 is 0 Å². The Balaban J connectivity index is 1.67. The third kappa shape index (κ3) is 6.13. The quantitative estimate of drug-likeness (QED) is 0.344. The van der Waals surface area contributed by atoms with Crippen LogP contribution in [0.25, 0.3) is 11.1 Å². The molecule has 7 heteroatoms. The Morgan fingerprint density at radius 3 is 2.78 bits per heavy atom. The van der Waals surface area contributed by atoms with E-state index >= 15 is 0 Å². The molecule has 5 nitrogen and oxygen atoms in total. The van der Waals surface area contributed by atoms with Gasteiger partial charge < -0.3 is 9.26 Å². The monoisotopic (exact) mass is 496 g/mol. The van der Waals surface area contributed by atoms with E-state index in [1.165, 1.54) is 0 Å². The van der Waals surface area contributed by atoms with Crippen molar-refractivity contribution in [3.8, 4) is 5.75 Å². The van der Waals surface area contributed by atoms with E-state index in [1.807, 2.05) is 25.1 Å². The number of halogens is 2. The summed E-state index contributed by atoms with van der Waals surface area (Å²) in [7, 11) is 0. The van der Waals surface area contributed by atoms with Gasteiger partial charge in [0.2, 0.25) is 0 Å². The van der Waals surface area contributed by atoms with Crippen LogP contribution in [0.5, 0.6) is 5.75 Å². The summed E-state index contributed by atoms with van der Waals surface area (Å²) in [4.78, 5) is 6.13. The van der Waals surface area contributed by atoms with Gasteiger partial charge in [-0.2, -0.15) is 0 Å². The molecule has 1 aliphatic carbocycles. The molecule has 2 aliphatic rings. The van der Waals surface area contributed by atoms with Gasteiger partial charge in [-0.1, -0.05) is 29.9 Å². The number of ether oxygens (including phenoxy) is 1. The summed E-state index contributed by atoms with van der Waals surface area (Å²) in [5, 5.41) is 4.01. The number of allylic oxidation sites excluding steroid dienone is 7. The average molecular weight is 497 g/mol. The normalized spacial score (nSPS) is 20.8. The number of alkyl halides is 1. The van der Waals surface area contributed by atoms with Gasteiger partial charge in [-0.25, -0.2) is 0 Å². The van der Waals surface area contributed by atoms with Crippen LogP contribution in [0.15, 0.2) is 70.6 Å². The minimum absolute atomic E-state index is 0.104. The molecule has 0 bridgehead atoms. The van der Waals surface area contributed by atoms with Gasteiger partial charge in [0.25, 0.3) is 0 Å². The number of hydrogen-bond acceptors (Lipinski definition) is 5. The zero-order chi connectivity index (χ0) is 25.5. The maximum Gasteiger partial charge on any atom is 0.145 e.